The van der Waals surface area contributed by atoms with E-state index >= 15 is 0 Å². The molecule has 0 aliphatic rings. The van der Waals surface area contributed by atoms with Gasteiger partial charge in [-0.3, -0.25) is 0 Å². The molecule has 0 radical (unpaired) electrons. The minimum atomic E-state index is 0.0176. The Morgan fingerprint density at radius 1 is 1.56 bits per heavy atom. The van der Waals surface area contributed by atoms with Crippen LogP contribution in [0.4, 0.5) is 0 Å². The fourth-order valence-electron chi connectivity index (χ4n) is 1.22. The average Bonchev–Trinajstić information content (AvgIpc) is 2.27. The highest BCUT2D eigenvalue weighted by atomic mass is 16.5. The molecule has 0 amide bonds. The average molecular weight is 216 g/mol. The van der Waals surface area contributed by atoms with E-state index in [1.807, 2.05) is 50.3 Å². The number of hydrogen-bond acceptors (Lipinski definition) is 3. The first-order chi connectivity index (χ1) is 7.65. The van der Waals surface area contributed by atoms with E-state index < -0.39 is 0 Å². The van der Waals surface area contributed by atoms with Gasteiger partial charge in [-0.1, -0.05) is 29.8 Å². The first-order valence-electron chi connectivity index (χ1n) is 5.17. The highest BCUT2D eigenvalue weighted by molar-refractivity contribution is 5.60. The highest BCUT2D eigenvalue weighted by Gasteiger charge is 2.02. The van der Waals surface area contributed by atoms with Crippen molar-refractivity contribution in [2.45, 2.75) is 19.9 Å². The zero-order valence-corrected chi connectivity index (χ0v) is 9.60. The predicted octanol–water partition coefficient (Wildman–Crippen LogP) is 2.34. The van der Waals surface area contributed by atoms with E-state index in [0.717, 1.165) is 11.1 Å². The minimum absolute atomic E-state index is 0.0176. The van der Waals surface area contributed by atoms with Crippen molar-refractivity contribution in [3.8, 4) is 11.8 Å². The second kappa shape index (κ2) is 5.94. The van der Waals surface area contributed by atoms with Crippen LogP contribution in [0.1, 0.15) is 19.4 Å². The number of nitriles is 1. The summed E-state index contributed by atoms with van der Waals surface area (Å²) < 4.78 is 5.32. The third-order valence-corrected chi connectivity index (χ3v) is 2.31. The molecule has 0 saturated heterocycles. The first-order valence-corrected chi connectivity index (χ1v) is 5.17. The smallest absolute Gasteiger partial charge is 0.174 e. The normalized spacial score (nSPS) is 13.0. The first kappa shape index (κ1) is 12.3. The monoisotopic (exact) mass is 216 g/mol. The molecule has 1 rings (SSSR count). The molecule has 1 aromatic rings. The summed E-state index contributed by atoms with van der Waals surface area (Å²) in [4.78, 5) is 0. The lowest BCUT2D eigenvalue weighted by Gasteiger charge is -2.09. The van der Waals surface area contributed by atoms with Crippen LogP contribution in [0.15, 0.2) is 29.8 Å². The fourth-order valence-corrected chi connectivity index (χ4v) is 1.22. The van der Waals surface area contributed by atoms with Gasteiger partial charge in [-0.25, -0.2) is 0 Å². The van der Waals surface area contributed by atoms with Gasteiger partial charge in [-0.05, 0) is 19.9 Å². The second-order valence-corrected chi connectivity index (χ2v) is 3.66. The number of nitrogens with two attached hydrogens (primary N) is 1. The quantitative estimate of drug-likeness (QED) is 0.840. The van der Waals surface area contributed by atoms with Gasteiger partial charge in [0, 0.05) is 11.6 Å². The maximum Gasteiger partial charge on any atom is 0.174 e. The molecule has 0 heterocycles. The van der Waals surface area contributed by atoms with Gasteiger partial charge in [0.05, 0.1) is 0 Å². The van der Waals surface area contributed by atoms with Crippen LogP contribution in [-0.4, -0.2) is 12.6 Å². The summed E-state index contributed by atoms with van der Waals surface area (Å²) >= 11 is 0. The third kappa shape index (κ3) is 3.41. The lowest BCUT2D eigenvalue weighted by Crippen LogP contribution is -2.15. The van der Waals surface area contributed by atoms with Crippen LogP contribution in [0.25, 0.3) is 6.08 Å². The summed E-state index contributed by atoms with van der Waals surface area (Å²) in [6.45, 7) is 3.97. The van der Waals surface area contributed by atoms with Crippen molar-refractivity contribution < 1.29 is 4.74 Å². The largest absolute Gasteiger partial charge is 0.478 e. The number of hydrogen-bond donors (Lipinski definition) is 1. The molecule has 0 fully saturated rings. The summed E-state index contributed by atoms with van der Waals surface area (Å²) in [5, 5.41) is 8.48. The van der Waals surface area contributed by atoms with Gasteiger partial charge in [0.1, 0.15) is 11.8 Å². The van der Waals surface area contributed by atoms with Crippen molar-refractivity contribution in [2.24, 2.45) is 5.73 Å². The van der Waals surface area contributed by atoms with E-state index in [2.05, 4.69) is 0 Å². The van der Waals surface area contributed by atoms with Gasteiger partial charge in [0.25, 0.3) is 0 Å². The van der Waals surface area contributed by atoms with Gasteiger partial charge < -0.3 is 10.5 Å². The van der Waals surface area contributed by atoms with E-state index in [9.17, 15) is 0 Å². The van der Waals surface area contributed by atoms with Gasteiger partial charge >= 0.3 is 0 Å². The standard InChI is InChI=1S/C13H16N2O/c1-10(11(2)15)9-12-5-3-4-6-13(12)16-8-7-14/h3-6,9,11H,8,15H2,1-2H3/b10-9+. The minimum Gasteiger partial charge on any atom is -0.478 e. The summed E-state index contributed by atoms with van der Waals surface area (Å²) in [7, 11) is 0. The molecule has 1 unspecified atom stereocenters. The summed E-state index contributed by atoms with van der Waals surface area (Å²) in [6, 6.07) is 9.57. The Bertz CT molecular complexity index is 416. The molecule has 0 saturated carbocycles. The van der Waals surface area contributed by atoms with Crippen molar-refractivity contribution in [3.05, 3.63) is 35.4 Å². The van der Waals surface area contributed by atoms with Crippen LogP contribution in [0.2, 0.25) is 0 Å². The number of ether oxygens (including phenoxy) is 1. The zero-order chi connectivity index (χ0) is 12.0. The Hall–Kier alpha value is -1.79. The molecule has 0 spiro atoms. The van der Waals surface area contributed by atoms with Crippen LogP contribution in [0.3, 0.4) is 0 Å². The van der Waals surface area contributed by atoms with E-state index in [4.69, 9.17) is 15.7 Å². The molecule has 84 valence electrons. The van der Waals surface area contributed by atoms with Crippen molar-refractivity contribution in [1.29, 1.82) is 5.26 Å². The number of nitrogens with zero attached hydrogens (tertiary/aromatic N) is 1. The van der Waals surface area contributed by atoms with Gasteiger partial charge in [0.15, 0.2) is 6.61 Å². The molecule has 3 nitrogen and oxygen atoms in total. The van der Waals surface area contributed by atoms with E-state index in [0.29, 0.717) is 5.75 Å². The lowest BCUT2D eigenvalue weighted by molar-refractivity contribution is 0.367. The van der Waals surface area contributed by atoms with Crippen LogP contribution in [0, 0.1) is 11.3 Å². The Balaban J connectivity index is 2.95. The summed E-state index contributed by atoms with van der Waals surface area (Å²) in [5.74, 6) is 0.712. The van der Waals surface area contributed by atoms with E-state index in [-0.39, 0.29) is 12.6 Å². The lowest BCUT2D eigenvalue weighted by atomic mass is 10.1. The van der Waals surface area contributed by atoms with E-state index in [1.165, 1.54) is 0 Å². The van der Waals surface area contributed by atoms with Crippen molar-refractivity contribution >= 4 is 6.08 Å². The maximum atomic E-state index is 8.48. The van der Waals surface area contributed by atoms with E-state index in [1.54, 1.807) is 0 Å². The molecular formula is C13H16N2O. The molecule has 16 heavy (non-hydrogen) atoms. The topological polar surface area (TPSA) is 59.0 Å². The Morgan fingerprint density at radius 3 is 2.88 bits per heavy atom. The Morgan fingerprint density at radius 2 is 2.25 bits per heavy atom. The zero-order valence-electron chi connectivity index (χ0n) is 9.60. The molecule has 0 aliphatic heterocycles. The number of rotatable bonds is 4. The highest BCUT2D eigenvalue weighted by Crippen LogP contribution is 2.21. The SMILES string of the molecule is C/C(=C\c1ccccc1OCC#N)C(C)N. The van der Waals surface area contributed by atoms with Crippen LogP contribution in [0.5, 0.6) is 5.75 Å². The molecule has 1 atom stereocenters. The van der Waals surface area contributed by atoms with Crippen LogP contribution < -0.4 is 10.5 Å². The van der Waals surface area contributed by atoms with Crippen LogP contribution in [-0.2, 0) is 0 Å². The Labute approximate surface area is 96.1 Å². The summed E-state index contributed by atoms with van der Waals surface area (Å²) in [5.41, 5.74) is 7.80. The van der Waals surface area contributed by atoms with Gasteiger partial charge in [-0.15, -0.1) is 0 Å². The molecule has 2 N–H and O–H groups in total. The fraction of sp³-hybridized carbons (Fsp3) is 0.308. The predicted molar refractivity (Wildman–Crippen MR) is 64.9 cm³/mol. The molecular weight excluding hydrogens is 200 g/mol. The van der Waals surface area contributed by atoms with Gasteiger partial charge in [-0.2, -0.15) is 5.26 Å². The Kier molecular flexibility index (Phi) is 4.56. The molecule has 0 bridgehead atoms. The van der Waals surface area contributed by atoms with Crippen molar-refractivity contribution in [3.63, 3.8) is 0 Å². The maximum absolute atomic E-state index is 8.48. The van der Waals surface area contributed by atoms with Crippen molar-refractivity contribution in [1.82, 2.24) is 0 Å². The molecule has 0 aliphatic carbocycles. The number of para-hydroxylation sites is 1. The van der Waals surface area contributed by atoms with Gasteiger partial charge in [0.2, 0.25) is 0 Å². The number of benzene rings is 1. The van der Waals surface area contributed by atoms with Crippen molar-refractivity contribution in [2.75, 3.05) is 6.61 Å². The second-order valence-electron chi connectivity index (χ2n) is 3.66. The summed E-state index contributed by atoms with van der Waals surface area (Å²) in [6.07, 6.45) is 1.98. The molecule has 1 aromatic carbocycles. The molecule has 3 heteroatoms. The molecule has 0 aromatic heterocycles. The van der Waals surface area contributed by atoms with Crippen LogP contribution >= 0.6 is 0 Å². The third-order valence-electron chi connectivity index (χ3n) is 2.31.